The summed E-state index contributed by atoms with van der Waals surface area (Å²) in [5.74, 6) is -0.214. The van der Waals surface area contributed by atoms with Crippen LogP contribution in [0.25, 0.3) is 21.3 Å². The fourth-order valence-corrected chi connectivity index (χ4v) is 4.25. The largest absolute Gasteiger partial charge is 0.434 e. The molecule has 27 heavy (non-hydrogen) atoms. The van der Waals surface area contributed by atoms with E-state index in [1.807, 2.05) is 30.3 Å². The summed E-state index contributed by atoms with van der Waals surface area (Å²) in [6.45, 7) is -2.92. The molecule has 2 aromatic carbocycles. The van der Waals surface area contributed by atoms with Crippen molar-refractivity contribution in [2.24, 2.45) is 0 Å². The Hall–Kier alpha value is -2.84. The van der Waals surface area contributed by atoms with E-state index in [0.29, 0.717) is 21.3 Å². The number of alkyl halides is 2. The number of aromatic nitrogens is 1. The molecule has 0 aliphatic carbocycles. The maximum atomic E-state index is 12.6. The van der Waals surface area contributed by atoms with Gasteiger partial charge in [-0.1, -0.05) is 30.3 Å². The Morgan fingerprint density at radius 1 is 1.11 bits per heavy atom. The molecule has 0 spiro atoms. The van der Waals surface area contributed by atoms with Crippen LogP contribution < -0.4 is 10.1 Å². The number of ether oxygens (including phenoxy) is 1. The summed E-state index contributed by atoms with van der Waals surface area (Å²) >= 11 is 2.62. The van der Waals surface area contributed by atoms with Crippen molar-refractivity contribution in [3.8, 4) is 17.0 Å². The number of anilines is 1. The number of thiazole rings is 1. The predicted molar refractivity (Wildman–Crippen MR) is 104 cm³/mol. The zero-order chi connectivity index (χ0) is 18.8. The van der Waals surface area contributed by atoms with Crippen LogP contribution in [0.4, 0.5) is 13.9 Å². The summed E-state index contributed by atoms with van der Waals surface area (Å²) in [6.07, 6.45) is 0. The van der Waals surface area contributed by atoms with Crippen LogP contribution in [0.3, 0.4) is 0 Å². The third-order valence-electron chi connectivity index (χ3n) is 3.75. The highest BCUT2D eigenvalue weighted by Gasteiger charge is 2.16. The van der Waals surface area contributed by atoms with Gasteiger partial charge in [-0.2, -0.15) is 8.78 Å². The van der Waals surface area contributed by atoms with Gasteiger partial charge < -0.3 is 4.74 Å². The summed E-state index contributed by atoms with van der Waals surface area (Å²) in [4.78, 5) is 17.4. The van der Waals surface area contributed by atoms with Crippen LogP contribution in [0.2, 0.25) is 0 Å². The molecule has 2 aromatic heterocycles. The van der Waals surface area contributed by atoms with Gasteiger partial charge in [-0.15, -0.1) is 22.7 Å². The van der Waals surface area contributed by atoms with Crippen molar-refractivity contribution in [2.45, 2.75) is 6.61 Å². The number of amides is 1. The van der Waals surface area contributed by atoms with Crippen molar-refractivity contribution in [3.63, 3.8) is 0 Å². The number of halogens is 2. The Balaban J connectivity index is 1.55. The number of fused-ring (bicyclic) bond motifs is 1. The molecular formula is C19H12F2N2O2S2. The van der Waals surface area contributed by atoms with E-state index in [4.69, 9.17) is 0 Å². The Labute approximate surface area is 161 Å². The molecule has 4 aromatic rings. The van der Waals surface area contributed by atoms with Crippen LogP contribution in [0.5, 0.6) is 5.75 Å². The number of rotatable bonds is 5. The molecule has 4 nitrogen and oxygen atoms in total. The van der Waals surface area contributed by atoms with E-state index in [1.54, 1.807) is 23.6 Å². The van der Waals surface area contributed by atoms with Crippen LogP contribution in [0.15, 0.2) is 60.0 Å². The number of para-hydroxylation sites is 1. The standard InChI is InChI=1S/C19H12F2N2O2S2/c20-18(21)25-14-7-3-2-6-12(14)13-10-26-19(22-13)23-17(24)16-9-11-5-1-4-8-15(11)27-16/h1-10,18H,(H,22,23,24). The molecular weight excluding hydrogens is 390 g/mol. The second-order valence-electron chi connectivity index (χ2n) is 5.52. The van der Waals surface area contributed by atoms with Gasteiger partial charge in [-0.25, -0.2) is 4.98 Å². The molecule has 136 valence electrons. The first kappa shape index (κ1) is 17.6. The lowest BCUT2D eigenvalue weighted by Crippen LogP contribution is -2.09. The van der Waals surface area contributed by atoms with E-state index in [-0.39, 0.29) is 11.7 Å². The lowest BCUT2D eigenvalue weighted by molar-refractivity contribution is -0.0494. The minimum Gasteiger partial charge on any atom is -0.434 e. The van der Waals surface area contributed by atoms with Gasteiger partial charge in [-0.05, 0) is 29.7 Å². The van der Waals surface area contributed by atoms with Gasteiger partial charge in [0.2, 0.25) is 0 Å². The van der Waals surface area contributed by atoms with E-state index < -0.39 is 6.61 Å². The number of carbonyl (C=O) groups is 1. The molecule has 2 heterocycles. The fraction of sp³-hybridized carbons (Fsp3) is 0.0526. The maximum absolute atomic E-state index is 12.6. The summed E-state index contributed by atoms with van der Waals surface area (Å²) in [6, 6.07) is 16.0. The SMILES string of the molecule is O=C(Nc1nc(-c2ccccc2OC(F)F)cs1)c1cc2ccccc2s1. The highest BCUT2D eigenvalue weighted by atomic mass is 32.1. The zero-order valence-electron chi connectivity index (χ0n) is 13.7. The van der Waals surface area contributed by atoms with Gasteiger partial charge in [0, 0.05) is 15.6 Å². The monoisotopic (exact) mass is 402 g/mol. The second kappa shape index (κ2) is 7.42. The Bertz CT molecular complexity index is 1070. The first-order valence-electron chi connectivity index (χ1n) is 7.90. The minimum absolute atomic E-state index is 0.0418. The number of benzene rings is 2. The predicted octanol–water partition coefficient (Wildman–Crippen LogP) is 5.88. The van der Waals surface area contributed by atoms with Crippen LogP contribution in [-0.4, -0.2) is 17.5 Å². The number of hydrogen-bond donors (Lipinski definition) is 1. The molecule has 0 saturated carbocycles. The molecule has 8 heteroatoms. The first-order chi connectivity index (χ1) is 13.1. The van der Waals surface area contributed by atoms with Gasteiger partial charge >= 0.3 is 6.61 Å². The van der Waals surface area contributed by atoms with Crippen LogP contribution in [0, 0.1) is 0 Å². The normalized spacial score (nSPS) is 11.1. The Morgan fingerprint density at radius 3 is 2.70 bits per heavy atom. The molecule has 0 saturated heterocycles. The number of carbonyl (C=O) groups excluding carboxylic acids is 1. The van der Waals surface area contributed by atoms with E-state index in [1.165, 1.54) is 28.7 Å². The molecule has 0 fully saturated rings. The smallest absolute Gasteiger partial charge is 0.387 e. The molecule has 0 aliphatic rings. The third kappa shape index (κ3) is 3.81. The highest BCUT2D eigenvalue weighted by molar-refractivity contribution is 7.21. The van der Waals surface area contributed by atoms with Crippen molar-refractivity contribution < 1.29 is 18.3 Å². The number of nitrogens with one attached hydrogen (secondary N) is 1. The highest BCUT2D eigenvalue weighted by Crippen LogP contribution is 2.33. The van der Waals surface area contributed by atoms with Gasteiger partial charge in [0.1, 0.15) is 5.75 Å². The Kier molecular flexibility index (Phi) is 4.83. The lowest BCUT2D eigenvalue weighted by Gasteiger charge is -2.08. The van der Waals surface area contributed by atoms with Crippen molar-refractivity contribution in [3.05, 3.63) is 64.9 Å². The van der Waals surface area contributed by atoms with E-state index in [0.717, 1.165) is 10.1 Å². The maximum Gasteiger partial charge on any atom is 0.387 e. The van der Waals surface area contributed by atoms with Crippen molar-refractivity contribution >= 4 is 43.8 Å². The van der Waals surface area contributed by atoms with Crippen LogP contribution in [-0.2, 0) is 0 Å². The summed E-state index contributed by atoms with van der Waals surface area (Å²) in [5.41, 5.74) is 0.902. The molecule has 0 atom stereocenters. The molecule has 0 unspecified atom stereocenters. The van der Waals surface area contributed by atoms with Gasteiger partial charge in [-0.3, -0.25) is 10.1 Å². The lowest BCUT2D eigenvalue weighted by atomic mass is 10.1. The van der Waals surface area contributed by atoms with Crippen molar-refractivity contribution in [1.29, 1.82) is 0 Å². The number of hydrogen-bond acceptors (Lipinski definition) is 5. The van der Waals surface area contributed by atoms with Gasteiger partial charge in [0.05, 0.1) is 10.6 Å². The number of nitrogens with zero attached hydrogens (tertiary/aromatic N) is 1. The van der Waals surface area contributed by atoms with E-state index >= 15 is 0 Å². The second-order valence-corrected chi connectivity index (χ2v) is 7.46. The molecule has 0 bridgehead atoms. The van der Waals surface area contributed by atoms with Crippen molar-refractivity contribution in [2.75, 3.05) is 5.32 Å². The van der Waals surface area contributed by atoms with Gasteiger partial charge in [0.25, 0.3) is 5.91 Å². The quantitative estimate of drug-likeness (QED) is 0.454. The van der Waals surface area contributed by atoms with Crippen LogP contribution in [0.1, 0.15) is 9.67 Å². The molecule has 0 radical (unpaired) electrons. The summed E-state index contributed by atoms with van der Waals surface area (Å²) in [5, 5.41) is 5.84. The van der Waals surface area contributed by atoms with E-state index in [2.05, 4.69) is 15.0 Å². The minimum atomic E-state index is -2.92. The average Bonchev–Trinajstić information content (AvgIpc) is 3.28. The van der Waals surface area contributed by atoms with Gasteiger partial charge in [0.15, 0.2) is 5.13 Å². The zero-order valence-corrected chi connectivity index (χ0v) is 15.3. The number of thiophene rings is 1. The van der Waals surface area contributed by atoms with E-state index in [9.17, 15) is 13.6 Å². The molecule has 0 aliphatic heterocycles. The topological polar surface area (TPSA) is 51.2 Å². The first-order valence-corrected chi connectivity index (χ1v) is 9.59. The summed E-state index contributed by atoms with van der Waals surface area (Å²) < 4.78 is 30.7. The molecule has 4 rings (SSSR count). The van der Waals surface area contributed by atoms with Crippen LogP contribution >= 0.6 is 22.7 Å². The molecule has 1 N–H and O–H groups in total. The third-order valence-corrected chi connectivity index (χ3v) is 5.63. The molecule has 1 amide bonds. The summed E-state index contributed by atoms with van der Waals surface area (Å²) in [7, 11) is 0. The Morgan fingerprint density at radius 2 is 1.89 bits per heavy atom. The van der Waals surface area contributed by atoms with Crippen molar-refractivity contribution in [1.82, 2.24) is 4.98 Å². The fourth-order valence-electron chi connectivity index (χ4n) is 2.58. The average molecular weight is 402 g/mol.